The molecular formula is C16H23ClN2O4. The molecule has 0 heterocycles. The van der Waals surface area contributed by atoms with Crippen LogP contribution in [-0.2, 0) is 16.0 Å². The van der Waals surface area contributed by atoms with E-state index in [1.54, 1.807) is 33.1 Å². The van der Waals surface area contributed by atoms with Crippen molar-refractivity contribution in [3.05, 3.63) is 23.8 Å². The van der Waals surface area contributed by atoms with Crippen LogP contribution in [0.4, 0.5) is 0 Å². The first-order valence-corrected chi connectivity index (χ1v) is 7.77. The second kappa shape index (κ2) is 9.25. The number of likely N-dealkylation sites (N-methyl/N-ethyl adjacent to an activating group) is 1. The summed E-state index contributed by atoms with van der Waals surface area (Å²) in [6.07, 6.45) is 0.665. The highest BCUT2D eigenvalue weighted by Gasteiger charge is 2.19. The van der Waals surface area contributed by atoms with E-state index in [2.05, 4.69) is 5.32 Å². The van der Waals surface area contributed by atoms with Crippen LogP contribution in [0.1, 0.15) is 12.5 Å². The van der Waals surface area contributed by atoms with Gasteiger partial charge in [-0.3, -0.25) is 9.59 Å². The molecule has 0 saturated heterocycles. The molecule has 0 fully saturated rings. The highest BCUT2D eigenvalue weighted by molar-refractivity contribution is 6.27. The first-order valence-electron chi connectivity index (χ1n) is 7.24. The summed E-state index contributed by atoms with van der Waals surface area (Å²) in [4.78, 5) is 25.0. The summed E-state index contributed by atoms with van der Waals surface area (Å²) in [6.45, 7) is 2.16. The van der Waals surface area contributed by atoms with Gasteiger partial charge in [0.05, 0.1) is 14.2 Å². The molecular weight excluding hydrogens is 320 g/mol. The van der Waals surface area contributed by atoms with Crippen LogP contribution in [0.25, 0.3) is 0 Å². The highest BCUT2D eigenvalue weighted by atomic mass is 35.5. The van der Waals surface area contributed by atoms with Crippen molar-refractivity contribution in [2.24, 2.45) is 0 Å². The molecule has 128 valence electrons. The topological polar surface area (TPSA) is 67.9 Å². The maximum atomic E-state index is 12.2. The van der Waals surface area contributed by atoms with Gasteiger partial charge >= 0.3 is 0 Å². The number of carbonyl (C=O) groups is 2. The van der Waals surface area contributed by atoms with E-state index in [4.69, 9.17) is 21.1 Å². The molecule has 6 nitrogen and oxygen atoms in total. The number of carbonyl (C=O) groups excluding carboxylic acids is 2. The first-order chi connectivity index (χ1) is 10.9. The normalized spacial score (nSPS) is 11.5. The highest BCUT2D eigenvalue weighted by Crippen LogP contribution is 2.27. The molecule has 0 aliphatic rings. The minimum absolute atomic E-state index is 0.160. The molecule has 1 rings (SSSR count). The largest absolute Gasteiger partial charge is 0.493 e. The van der Waals surface area contributed by atoms with Gasteiger partial charge in [0.1, 0.15) is 11.9 Å². The number of nitrogens with one attached hydrogen (secondary N) is 1. The Morgan fingerprint density at radius 2 is 1.91 bits per heavy atom. The van der Waals surface area contributed by atoms with Gasteiger partial charge in [-0.05, 0) is 31.0 Å². The van der Waals surface area contributed by atoms with Gasteiger partial charge in [0.15, 0.2) is 11.5 Å². The molecule has 2 amide bonds. The fourth-order valence-corrected chi connectivity index (χ4v) is 2.19. The maximum Gasteiger partial charge on any atom is 0.244 e. The molecule has 0 saturated carbocycles. The lowest BCUT2D eigenvalue weighted by Gasteiger charge is -2.22. The van der Waals surface area contributed by atoms with Crippen molar-refractivity contribution in [3.63, 3.8) is 0 Å². The van der Waals surface area contributed by atoms with Crippen LogP contribution < -0.4 is 14.8 Å². The number of alkyl halides is 1. The Labute approximate surface area is 141 Å². The van der Waals surface area contributed by atoms with E-state index < -0.39 is 6.04 Å². The van der Waals surface area contributed by atoms with E-state index in [0.717, 1.165) is 5.56 Å². The molecule has 7 heteroatoms. The molecule has 0 aromatic heterocycles. The van der Waals surface area contributed by atoms with Gasteiger partial charge in [0, 0.05) is 13.6 Å². The third kappa shape index (κ3) is 5.63. The van der Waals surface area contributed by atoms with Crippen LogP contribution in [0, 0.1) is 0 Å². The maximum absolute atomic E-state index is 12.2. The second-order valence-electron chi connectivity index (χ2n) is 5.12. The lowest BCUT2D eigenvalue weighted by molar-refractivity contribution is -0.134. The van der Waals surface area contributed by atoms with Crippen molar-refractivity contribution in [1.29, 1.82) is 0 Å². The minimum atomic E-state index is -0.600. The summed E-state index contributed by atoms with van der Waals surface area (Å²) in [5.74, 6) is 0.636. The van der Waals surface area contributed by atoms with Crippen molar-refractivity contribution in [2.75, 3.05) is 33.7 Å². The Hall–Kier alpha value is -1.95. The number of benzene rings is 1. The molecule has 0 aliphatic carbocycles. The van der Waals surface area contributed by atoms with E-state index in [1.807, 2.05) is 18.2 Å². The van der Waals surface area contributed by atoms with Crippen molar-refractivity contribution in [2.45, 2.75) is 19.4 Å². The summed E-state index contributed by atoms with van der Waals surface area (Å²) in [5.41, 5.74) is 1.03. The molecule has 1 atom stereocenters. The molecule has 1 unspecified atom stereocenters. The van der Waals surface area contributed by atoms with Crippen LogP contribution in [-0.4, -0.2) is 56.4 Å². The predicted octanol–water partition coefficient (Wildman–Crippen LogP) is 1.45. The van der Waals surface area contributed by atoms with Gasteiger partial charge in [0.25, 0.3) is 0 Å². The average Bonchev–Trinajstić information content (AvgIpc) is 2.58. The molecule has 0 spiro atoms. The van der Waals surface area contributed by atoms with E-state index >= 15 is 0 Å². The van der Waals surface area contributed by atoms with Crippen molar-refractivity contribution >= 4 is 23.4 Å². The number of hydrogen-bond donors (Lipinski definition) is 1. The van der Waals surface area contributed by atoms with Crippen LogP contribution in [0.15, 0.2) is 18.2 Å². The molecule has 1 aromatic rings. The zero-order chi connectivity index (χ0) is 17.4. The smallest absolute Gasteiger partial charge is 0.244 e. The van der Waals surface area contributed by atoms with Crippen LogP contribution >= 0.6 is 11.6 Å². The summed E-state index contributed by atoms with van der Waals surface area (Å²) in [5, 5.41) is 2.54. The standard InChI is InChI=1S/C16H23ClN2O4/c1-11(18-15(20)10-17)16(21)19(2)8-7-12-5-6-13(22-3)14(9-12)23-4/h5-6,9,11H,7-8,10H2,1-4H3,(H,18,20). The molecule has 0 bridgehead atoms. The Bertz CT molecular complexity index is 551. The summed E-state index contributed by atoms with van der Waals surface area (Å²) >= 11 is 5.42. The number of ether oxygens (including phenoxy) is 2. The third-order valence-electron chi connectivity index (χ3n) is 3.43. The second-order valence-corrected chi connectivity index (χ2v) is 5.39. The Balaban J connectivity index is 2.60. The van der Waals surface area contributed by atoms with E-state index in [-0.39, 0.29) is 17.7 Å². The van der Waals surface area contributed by atoms with Gasteiger partial charge < -0.3 is 19.7 Å². The fourth-order valence-electron chi connectivity index (χ4n) is 2.12. The van der Waals surface area contributed by atoms with Crippen LogP contribution in [0.3, 0.4) is 0 Å². The monoisotopic (exact) mass is 342 g/mol. The molecule has 23 heavy (non-hydrogen) atoms. The zero-order valence-corrected chi connectivity index (χ0v) is 14.6. The lowest BCUT2D eigenvalue weighted by Crippen LogP contribution is -2.46. The average molecular weight is 343 g/mol. The quantitative estimate of drug-likeness (QED) is 0.726. The number of nitrogens with zero attached hydrogens (tertiary/aromatic N) is 1. The first kappa shape index (κ1) is 19.1. The number of amides is 2. The lowest BCUT2D eigenvalue weighted by atomic mass is 10.1. The van der Waals surface area contributed by atoms with Gasteiger partial charge in [0.2, 0.25) is 11.8 Å². The summed E-state index contributed by atoms with van der Waals surface area (Å²) in [7, 11) is 4.87. The Kier molecular flexibility index (Phi) is 7.68. The number of methoxy groups -OCH3 is 2. The summed E-state index contributed by atoms with van der Waals surface area (Å²) < 4.78 is 10.5. The van der Waals surface area contributed by atoms with Gasteiger partial charge in [-0.15, -0.1) is 11.6 Å². The third-order valence-corrected chi connectivity index (χ3v) is 3.67. The number of halogens is 1. The van der Waals surface area contributed by atoms with Crippen molar-refractivity contribution in [3.8, 4) is 11.5 Å². The summed E-state index contributed by atoms with van der Waals surface area (Å²) in [6, 6.07) is 5.05. The zero-order valence-electron chi connectivity index (χ0n) is 13.9. The van der Waals surface area contributed by atoms with Gasteiger partial charge in [-0.2, -0.15) is 0 Å². The number of rotatable bonds is 8. The predicted molar refractivity (Wildman–Crippen MR) is 89.2 cm³/mol. The van der Waals surface area contributed by atoms with E-state index in [9.17, 15) is 9.59 Å². The molecule has 1 N–H and O–H groups in total. The SMILES string of the molecule is COc1ccc(CCN(C)C(=O)C(C)NC(=O)CCl)cc1OC. The van der Waals surface area contributed by atoms with Gasteiger partial charge in [-0.25, -0.2) is 0 Å². The minimum Gasteiger partial charge on any atom is -0.493 e. The Morgan fingerprint density at radius 3 is 2.48 bits per heavy atom. The fraction of sp³-hybridized carbons (Fsp3) is 0.500. The van der Waals surface area contributed by atoms with E-state index in [1.165, 1.54) is 0 Å². The number of hydrogen-bond acceptors (Lipinski definition) is 4. The molecule has 0 aliphatic heterocycles. The van der Waals surface area contributed by atoms with Crippen molar-refractivity contribution < 1.29 is 19.1 Å². The molecule has 0 radical (unpaired) electrons. The van der Waals surface area contributed by atoms with Crippen LogP contribution in [0.5, 0.6) is 11.5 Å². The molecule has 1 aromatic carbocycles. The van der Waals surface area contributed by atoms with E-state index in [0.29, 0.717) is 24.5 Å². The van der Waals surface area contributed by atoms with Crippen LogP contribution in [0.2, 0.25) is 0 Å². The van der Waals surface area contributed by atoms with Crippen molar-refractivity contribution in [1.82, 2.24) is 10.2 Å². The van der Waals surface area contributed by atoms with Gasteiger partial charge in [-0.1, -0.05) is 6.07 Å². The Morgan fingerprint density at radius 1 is 1.26 bits per heavy atom.